The van der Waals surface area contributed by atoms with E-state index in [9.17, 15) is 9.18 Å². The number of thioether (sulfide) groups is 1. The van der Waals surface area contributed by atoms with Crippen LogP contribution in [0.25, 0.3) is 5.69 Å². The summed E-state index contributed by atoms with van der Waals surface area (Å²) in [4.78, 5) is 12.4. The zero-order chi connectivity index (χ0) is 18.7. The second-order valence-corrected chi connectivity index (χ2v) is 6.70. The average molecular weight is 371 g/mol. The van der Waals surface area contributed by atoms with Crippen LogP contribution in [0.5, 0.6) is 5.75 Å². The summed E-state index contributed by atoms with van der Waals surface area (Å²) in [5.74, 6) is 0.244. The van der Waals surface area contributed by atoms with Crippen LogP contribution in [0.4, 0.5) is 4.39 Å². The summed E-state index contributed by atoms with van der Waals surface area (Å²) in [6.07, 6.45) is 0. The first kappa shape index (κ1) is 18.1. The standard InChI is InChI=1S/C19H18FN3O2S/c1-12-4-7-15(8-5-12)23-13(2)21-22-19(23)26-11-17(24)14-6-9-18(25-3)16(20)10-14/h4-10H,11H2,1-3H3. The molecule has 0 saturated heterocycles. The third-order valence-electron chi connectivity index (χ3n) is 3.89. The number of methoxy groups -OCH3 is 1. The Morgan fingerprint density at radius 3 is 2.54 bits per heavy atom. The van der Waals surface area contributed by atoms with Gasteiger partial charge in [0.25, 0.3) is 0 Å². The normalized spacial score (nSPS) is 10.8. The van der Waals surface area contributed by atoms with Crippen molar-refractivity contribution < 1.29 is 13.9 Å². The summed E-state index contributed by atoms with van der Waals surface area (Å²) in [5.41, 5.74) is 2.39. The van der Waals surface area contributed by atoms with Crippen LogP contribution in [0.1, 0.15) is 21.7 Å². The largest absolute Gasteiger partial charge is 0.494 e. The molecule has 0 amide bonds. The quantitative estimate of drug-likeness (QED) is 0.484. The number of ether oxygens (including phenoxy) is 1. The van der Waals surface area contributed by atoms with E-state index < -0.39 is 5.82 Å². The summed E-state index contributed by atoms with van der Waals surface area (Å²) < 4.78 is 20.6. The molecule has 0 spiro atoms. The van der Waals surface area contributed by atoms with E-state index >= 15 is 0 Å². The van der Waals surface area contributed by atoms with Crippen molar-refractivity contribution in [1.82, 2.24) is 14.8 Å². The number of hydrogen-bond acceptors (Lipinski definition) is 5. The van der Waals surface area contributed by atoms with Gasteiger partial charge in [-0.05, 0) is 44.2 Å². The number of hydrogen-bond donors (Lipinski definition) is 0. The van der Waals surface area contributed by atoms with Gasteiger partial charge in [-0.3, -0.25) is 9.36 Å². The summed E-state index contributed by atoms with van der Waals surface area (Å²) in [6, 6.07) is 12.2. The van der Waals surface area contributed by atoms with Crippen LogP contribution in [0.15, 0.2) is 47.6 Å². The number of aromatic nitrogens is 3. The Morgan fingerprint density at radius 2 is 1.88 bits per heavy atom. The number of Topliss-reactive ketones (excluding diaryl/α,β-unsaturated/α-hetero) is 1. The molecule has 0 N–H and O–H groups in total. The molecular formula is C19H18FN3O2S. The van der Waals surface area contributed by atoms with Crippen LogP contribution in [0, 0.1) is 19.7 Å². The SMILES string of the molecule is COc1ccc(C(=O)CSc2nnc(C)n2-c2ccc(C)cc2)cc1F. The fraction of sp³-hybridized carbons (Fsp3) is 0.211. The Kier molecular flexibility index (Phi) is 5.37. The molecule has 0 atom stereocenters. The molecule has 1 aromatic heterocycles. The monoisotopic (exact) mass is 371 g/mol. The topological polar surface area (TPSA) is 57.0 Å². The van der Waals surface area contributed by atoms with Gasteiger partial charge in [0, 0.05) is 11.3 Å². The van der Waals surface area contributed by atoms with Crippen LogP contribution in [0.2, 0.25) is 0 Å². The van der Waals surface area contributed by atoms with Gasteiger partial charge in [-0.15, -0.1) is 10.2 Å². The number of aryl methyl sites for hydroxylation is 2. The van der Waals surface area contributed by atoms with E-state index in [0.29, 0.717) is 10.7 Å². The minimum atomic E-state index is -0.554. The highest BCUT2D eigenvalue weighted by molar-refractivity contribution is 7.99. The van der Waals surface area contributed by atoms with E-state index in [1.165, 1.54) is 31.0 Å². The number of carbonyl (C=O) groups is 1. The molecule has 3 rings (SSSR count). The van der Waals surface area contributed by atoms with E-state index in [1.807, 2.05) is 42.7 Å². The second kappa shape index (κ2) is 7.70. The van der Waals surface area contributed by atoms with Crippen LogP contribution in [-0.2, 0) is 0 Å². The Balaban J connectivity index is 1.77. The first-order valence-corrected chi connectivity index (χ1v) is 8.96. The van der Waals surface area contributed by atoms with Gasteiger partial charge >= 0.3 is 0 Å². The fourth-order valence-electron chi connectivity index (χ4n) is 2.48. The first-order valence-electron chi connectivity index (χ1n) is 7.98. The molecule has 0 aliphatic heterocycles. The summed E-state index contributed by atoms with van der Waals surface area (Å²) >= 11 is 1.27. The maximum atomic E-state index is 13.8. The van der Waals surface area contributed by atoms with Crippen molar-refractivity contribution in [3.63, 3.8) is 0 Å². The number of ketones is 1. The van der Waals surface area contributed by atoms with Crippen molar-refractivity contribution in [3.05, 3.63) is 65.2 Å². The van der Waals surface area contributed by atoms with Crippen LogP contribution < -0.4 is 4.74 Å². The lowest BCUT2D eigenvalue weighted by Crippen LogP contribution is -2.05. The molecule has 2 aromatic carbocycles. The maximum absolute atomic E-state index is 13.8. The van der Waals surface area contributed by atoms with Gasteiger partial charge in [-0.1, -0.05) is 29.5 Å². The van der Waals surface area contributed by atoms with E-state index in [1.54, 1.807) is 6.07 Å². The van der Waals surface area contributed by atoms with Gasteiger partial charge in [0.05, 0.1) is 12.9 Å². The maximum Gasteiger partial charge on any atom is 0.196 e. The number of carbonyl (C=O) groups excluding carboxylic acids is 1. The lowest BCUT2D eigenvalue weighted by Gasteiger charge is -2.09. The van der Waals surface area contributed by atoms with Crippen molar-refractivity contribution in [1.29, 1.82) is 0 Å². The molecule has 0 aliphatic carbocycles. The lowest BCUT2D eigenvalue weighted by atomic mass is 10.1. The molecule has 134 valence electrons. The van der Waals surface area contributed by atoms with Gasteiger partial charge < -0.3 is 4.74 Å². The van der Waals surface area contributed by atoms with Crippen molar-refractivity contribution >= 4 is 17.5 Å². The Hall–Kier alpha value is -2.67. The third-order valence-corrected chi connectivity index (χ3v) is 4.82. The van der Waals surface area contributed by atoms with E-state index in [0.717, 1.165) is 17.1 Å². The minimum absolute atomic E-state index is 0.115. The van der Waals surface area contributed by atoms with Crippen molar-refractivity contribution in [3.8, 4) is 11.4 Å². The number of rotatable bonds is 6. The number of halogens is 1. The number of nitrogens with zero attached hydrogens (tertiary/aromatic N) is 3. The Labute approximate surface area is 155 Å². The molecule has 0 fully saturated rings. The van der Waals surface area contributed by atoms with Crippen molar-refractivity contribution in [2.45, 2.75) is 19.0 Å². The van der Waals surface area contributed by atoms with Gasteiger partial charge in [-0.2, -0.15) is 0 Å². The summed E-state index contributed by atoms with van der Waals surface area (Å²) in [7, 11) is 1.38. The smallest absolute Gasteiger partial charge is 0.196 e. The molecule has 0 aliphatic rings. The Morgan fingerprint density at radius 1 is 1.15 bits per heavy atom. The van der Waals surface area contributed by atoms with Gasteiger partial charge in [0.2, 0.25) is 0 Å². The third kappa shape index (κ3) is 3.77. The first-order chi connectivity index (χ1) is 12.5. The molecule has 0 saturated carbocycles. The molecule has 0 unspecified atom stereocenters. The van der Waals surface area contributed by atoms with E-state index in [-0.39, 0.29) is 17.3 Å². The predicted molar refractivity (Wildman–Crippen MR) is 98.8 cm³/mol. The van der Waals surface area contributed by atoms with Crippen LogP contribution >= 0.6 is 11.8 Å². The number of benzene rings is 2. The highest BCUT2D eigenvalue weighted by Crippen LogP contribution is 2.24. The molecule has 0 bridgehead atoms. The van der Waals surface area contributed by atoms with Crippen molar-refractivity contribution in [2.24, 2.45) is 0 Å². The van der Waals surface area contributed by atoms with E-state index in [2.05, 4.69) is 10.2 Å². The minimum Gasteiger partial charge on any atom is -0.494 e. The lowest BCUT2D eigenvalue weighted by molar-refractivity contribution is 0.102. The molecule has 5 nitrogen and oxygen atoms in total. The Bertz CT molecular complexity index is 938. The van der Waals surface area contributed by atoms with Crippen molar-refractivity contribution in [2.75, 3.05) is 12.9 Å². The zero-order valence-electron chi connectivity index (χ0n) is 14.7. The second-order valence-electron chi connectivity index (χ2n) is 5.76. The predicted octanol–water partition coefficient (Wildman–Crippen LogP) is 4.01. The van der Waals surface area contributed by atoms with Gasteiger partial charge in [0.1, 0.15) is 5.82 Å². The molecule has 26 heavy (non-hydrogen) atoms. The molecule has 1 heterocycles. The van der Waals surface area contributed by atoms with Crippen LogP contribution in [0.3, 0.4) is 0 Å². The highest BCUT2D eigenvalue weighted by atomic mass is 32.2. The van der Waals surface area contributed by atoms with Crippen LogP contribution in [-0.4, -0.2) is 33.4 Å². The van der Waals surface area contributed by atoms with E-state index in [4.69, 9.17) is 4.74 Å². The fourth-order valence-corrected chi connectivity index (χ4v) is 3.37. The zero-order valence-corrected chi connectivity index (χ0v) is 15.5. The summed E-state index contributed by atoms with van der Waals surface area (Å²) in [6.45, 7) is 3.88. The van der Waals surface area contributed by atoms with Gasteiger partial charge in [-0.25, -0.2) is 4.39 Å². The molecule has 0 radical (unpaired) electrons. The molecule has 7 heteroatoms. The van der Waals surface area contributed by atoms with Gasteiger partial charge in [0.15, 0.2) is 22.5 Å². The molecular weight excluding hydrogens is 353 g/mol. The summed E-state index contributed by atoms with van der Waals surface area (Å²) in [5, 5.41) is 8.88. The molecule has 3 aromatic rings. The average Bonchev–Trinajstić information content (AvgIpc) is 3.01. The highest BCUT2D eigenvalue weighted by Gasteiger charge is 2.15.